The van der Waals surface area contributed by atoms with E-state index in [0.717, 1.165) is 24.1 Å². The van der Waals surface area contributed by atoms with Gasteiger partial charge in [0.1, 0.15) is 5.82 Å². The maximum atomic E-state index is 13.7. The van der Waals surface area contributed by atoms with Crippen LogP contribution < -0.4 is 5.32 Å². The Bertz CT molecular complexity index is 624. The van der Waals surface area contributed by atoms with E-state index >= 15 is 0 Å². The Kier molecular flexibility index (Phi) is 3.86. The van der Waals surface area contributed by atoms with Crippen LogP contribution in [0.2, 0.25) is 10.0 Å². The number of rotatable bonds is 3. The Hall–Kier alpha value is -1.25. The first kappa shape index (κ1) is 13.7. The van der Waals surface area contributed by atoms with Crippen molar-refractivity contribution >= 4 is 28.9 Å². The van der Waals surface area contributed by atoms with E-state index in [9.17, 15) is 4.39 Å². The van der Waals surface area contributed by atoms with E-state index in [2.05, 4.69) is 5.32 Å². The van der Waals surface area contributed by atoms with Crippen LogP contribution in [0.5, 0.6) is 0 Å². The molecule has 2 aromatic rings. The molecule has 0 aromatic heterocycles. The molecule has 1 aliphatic carbocycles. The molecular formula is C16H14Cl2FN. The molecule has 4 heteroatoms. The van der Waals surface area contributed by atoms with Crippen molar-refractivity contribution in [2.75, 3.05) is 5.32 Å². The van der Waals surface area contributed by atoms with Crippen molar-refractivity contribution in [1.82, 2.24) is 0 Å². The van der Waals surface area contributed by atoms with Gasteiger partial charge in [-0.25, -0.2) is 4.39 Å². The summed E-state index contributed by atoms with van der Waals surface area (Å²) in [6, 6.07) is 12.7. The summed E-state index contributed by atoms with van der Waals surface area (Å²) in [5.74, 6) is 0.170. The standard InChI is InChI=1S/C16H14Cl2FN/c17-11-5-6-14(18)16(9-11)20-12-7-10(8-12)13-3-1-2-4-15(13)19/h1-6,9-10,12,20H,7-8H2. The second kappa shape index (κ2) is 5.63. The fourth-order valence-electron chi connectivity index (χ4n) is 2.62. The van der Waals surface area contributed by atoms with Gasteiger partial charge in [0.2, 0.25) is 0 Å². The summed E-state index contributed by atoms with van der Waals surface area (Å²) >= 11 is 12.1. The van der Waals surface area contributed by atoms with Gasteiger partial charge in [-0.05, 0) is 48.6 Å². The van der Waals surface area contributed by atoms with Gasteiger partial charge >= 0.3 is 0 Å². The summed E-state index contributed by atoms with van der Waals surface area (Å²) in [4.78, 5) is 0. The number of benzene rings is 2. The summed E-state index contributed by atoms with van der Waals surface area (Å²) in [5, 5.41) is 4.68. The van der Waals surface area contributed by atoms with E-state index in [1.54, 1.807) is 18.2 Å². The molecule has 0 heterocycles. The van der Waals surface area contributed by atoms with E-state index in [4.69, 9.17) is 23.2 Å². The van der Waals surface area contributed by atoms with Gasteiger partial charge in [0.05, 0.1) is 10.7 Å². The molecular weight excluding hydrogens is 296 g/mol. The zero-order valence-corrected chi connectivity index (χ0v) is 12.3. The first-order chi connectivity index (χ1) is 9.63. The van der Waals surface area contributed by atoms with E-state index in [1.165, 1.54) is 6.07 Å². The van der Waals surface area contributed by atoms with E-state index in [1.807, 2.05) is 18.2 Å². The molecule has 104 valence electrons. The fraction of sp³-hybridized carbons (Fsp3) is 0.250. The number of nitrogens with one attached hydrogen (secondary N) is 1. The lowest BCUT2D eigenvalue weighted by Crippen LogP contribution is -2.34. The van der Waals surface area contributed by atoms with Gasteiger partial charge in [0, 0.05) is 11.1 Å². The van der Waals surface area contributed by atoms with Gasteiger partial charge in [0.15, 0.2) is 0 Å². The van der Waals surface area contributed by atoms with Crippen LogP contribution in [0.1, 0.15) is 24.3 Å². The molecule has 0 spiro atoms. The molecule has 0 saturated heterocycles. The normalized spacial score (nSPS) is 21.4. The summed E-state index contributed by atoms with van der Waals surface area (Å²) < 4.78 is 13.7. The largest absolute Gasteiger partial charge is 0.381 e. The maximum absolute atomic E-state index is 13.7. The lowest BCUT2D eigenvalue weighted by molar-refractivity contribution is 0.363. The van der Waals surface area contributed by atoms with Crippen LogP contribution in [0, 0.1) is 5.82 Å². The van der Waals surface area contributed by atoms with Crippen molar-refractivity contribution in [3.8, 4) is 0 Å². The van der Waals surface area contributed by atoms with Gasteiger partial charge in [0.25, 0.3) is 0 Å². The van der Waals surface area contributed by atoms with Crippen LogP contribution in [-0.2, 0) is 0 Å². The summed E-state index contributed by atoms with van der Waals surface area (Å²) in [6.07, 6.45) is 1.81. The predicted molar refractivity (Wildman–Crippen MR) is 82.2 cm³/mol. The van der Waals surface area contributed by atoms with Crippen LogP contribution >= 0.6 is 23.2 Å². The lowest BCUT2D eigenvalue weighted by Gasteiger charge is -2.37. The maximum Gasteiger partial charge on any atom is 0.126 e. The molecule has 0 aliphatic heterocycles. The number of hydrogen-bond donors (Lipinski definition) is 1. The molecule has 1 nitrogen and oxygen atoms in total. The Balaban J connectivity index is 1.64. The average molecular weight is 310 g/mol. The number of hydrogen-bond acceptors (Lipinski definition) is 1. The van der Waals surface area contributed by atoms with Gasteiger partial charge in [-0.2, -0.15) is 0 Å². The van der Waals surface area contributed by atoms with Gasteiger partial charge in [-0.15, -0.1) is 0 Å². The second-order valence-corrected chi connectivity index (χ2v) is 6.00. The SMILES string of the molecule is Fc1ccccc1C1CC(Nc2cc(Cl)ccc2Cl)C1. The lowest BCUT2D eigenvalue weighted by atomic mass is 9.75. The van der Waals surface area contributed by atoms with E-state index in [-0.39, 0.29) is 11.7 Å². The molecule has 0 bridgehead atoms. The zero-order chi connectivity index (χ0) is 14.1. The monoisotopic (exact) mass is 309 g/mol. The van der Waals surface area contributed by atoms with Crippen LogP contribution in [0.15, 0.2) is 42.5 Å². The van der Waals surface area contributed by atoms with Crippen molar-refractivity contribution in [1.29, 1.82) is 0 Å². The molecule has 0 unspecified atom stereocenters. The van der Waals surface area contributed by atoms with Gasteiger partial charge in [-0.1, -0.05) is 41.4 Å². The van der Waals surface area contributed by atoms with Crippen molar-refractivity contribution in [2.24, 2.45) is 0 Å². The molecule has 2 aromatic carbocycles. The van der Waals surface area contributed by atoms with E-state index < -0.39 is 0 Å². The number of anilines is 1. The quantitative estimate of drug-likeness (QED) is 0.790. The van der Waals surface area contributed by atoms with Crippen molar-refractivity contribution in [3.63, 3.8) is 0 Å². The average Bonchev–Trinajstić information content (AvgIpc) is 2.38. The minimum Gasteiger partial charge on any atom is -0.381 e. The van der Waals surface area contributed by atoms with Crippen LogP contribution in [0.3, 0.4) is 0 Å². The van der Waals surface area contributed by atoms with Crippen molar-refractivity contribution in [3.05, 3.63) is 63.9 Å². The molecule has 0 atom stereocenters. The van der Waals surface area contributed by atoms with Gasteiger partial charge in [-0.3, -0.25) is 0 Å². The first-order valence-electron chi connectivity index (χ1n) is 6.59. The third-order valence-electron chi connectivity index (χ3n) is 3.77. The summed E-state index contributed by atoms with van der Waals surface area (Å²) in [5.41, 5.74) is 1.65. The van der Waals surface area contributed by atoms with Gasteiger partial charge < -0.3 is 5.32 Å². The minimum atomic E-state index is -0.114. The highest BCUT2D eigenvalue weighted by atomic mass is 35.5. The third kappa shape index (κ3) is 2.77. The Labute approximate surface area is 127 Å². The van der Waals surface area contributed by atoms with Crippen LogP contribution in [0.4, 0.5) is 10.1 Å². The zero-order valence-electron chi connectivity index (χ0n) is 10.7. The van der Waals surface area contributed by atoms with Crippen molar-refractivity contribution < 1.29 is 4.39 Å². The van der Waals surface area contributed by atoms with Crippen molar-refractivity contribution in [2.45, 2.75) is 24.8 Å². The highest BCUT2D eigenvalue weighted by molar-refractivity contribution is 6.35. The second-order valence-electron chi connectivity index (χ2n) is 5.16. The molecule has 0 radical (unpaired) electrons. The molecule has 20 heavy (non-hydrogen) atoms. The van der Waals surface area contributed by atoms with Crippen LogP contribution in [-0.4, -0.2) is 6.04 Å². The first-order valence-corrected chi connectivity index (χ1v) is 7.35. The molecule has 1 aliphatic rings. The Morgan fingerprint density at radius 3 is 2.55 bits per heavy atom. The molecule has 1 saturated carbocycles. The van der Waals surface area contributed by atoms with E-state index in [0.29, 0.717) is 16.1 Å². The topological polar surface area (TPSA) is 12.0 Å². The Morgan fingerprint density at radius 1 is 1.05 bits per heavy atom. The minimum absolute atomic E-state index is 0.114. The predicted octanol–water partition coefficient (Wildman–Crippen LogP) is 5.49. The highest BCUT2D eigenvalue weighted by Gasteiger charge is 2.32. The summed E-state index contributed by atoms with van der Waals surface area (Å²) in [6.45, 7) is 0. The number of halogens is 3. The molecule has 1 fully saturated rings. The fourth-order valence-corrected chi connectivity index (χ4v) is 2.97. The smallest absolute Gasteiger partial charge is 0.126 e. The Morgan fingerprint density at radius 2 is 1.80 bits per heavy atom. The molecule has 0 amide bonds. The highest BCUT2D eigenvalue weighted by Crippen LogP contribution is 2.40. The molecule has 3 rings (SSSR count). The van der Waals surface area contributed by atoms with Crippen LogP contribution in [0.25, 0.3) is 0 Å². The molecule has 1 N–H and O–H groups in total. The third-order valence-corrected chi connectivity index (χ3v) is 4.34. The summed E-state index contributed by atoms with van der Waals surface area (Å²) in [7, 11) is 0.